The van der Waals surface area contributed by atoms with E-state index < -0.39 is 5.97 Å². The minimum absolute atomic E-state index is 0.256. The first-order valence-electron chi connectivity index (χ1n) is 6.93. The highest BCUT2D eigenvalue weighted by Crippen LogP contribution is 2.11. The Kier molecular flexibility index (Phi) is 6.64. The summed E-state index contributed by atoms with van der Waals surface area (Å²) in [5.41, 5.74) is 0. The molecule has 1 aromatic rings. The Morgan fingerprint density at radius 3 is 2.68 bits per heavy atom. The van der Waals surface area contributed by atoms with Crippen LogP contribution >= 0.6 is 0 Å². The first-order chi connectivity index (χ1) is 9.02. The van der Waals surface area contributed by atoms with Gasteiger partial charge >= 0.3 is 5.97 Å². The molecular weight excluding hydrogens is 242 g/mol. The fourth-order valence-corrected chi connectivity index (χ4v) is 1.89. The van der Waals surface area contributed by atoms with Crippen molar-refractivity contribution in [2.75, 3.05) is 7.11 Å². The van der Waals surface area contributed by atoms with E-state index in [1.807, 2.05) is 0 Å². The number of nitrogens with one attached hydrogen (secondary N) is 1. The summed E-state index contributed by atoms with van der Waals surface area (Å²) in [5, 5.41) is 3.40. The number of carbonyl (C=O) groups excluding carboxylic acids is 1. The lowest BCUT2D eigenvalue weighted by molar-refractivity contribution is 0.0563. The summed E-state index contributed by atoms with van der Waals surface area (Å²) in [7, 11) is 1.35. The van der Waals surface area contributed by atoms with Crippen molar-refractivity contribution in [2.45, 2.75) is 52.6 Å². The molecule has 0 saturated heterocycles. The maximum absolute atomic E-state index is 11.2. The molecule has 0 fully saturated rings. The quantitative estimate of drug-likeness (QED) is 0.734. The van der Waals surface area contributed by atoms with Gasteiger partial charge in [-0.05, 0) is 31.4 Å². The fraction of sp³-hybridized carbons (Fsp3) is 0.667. The highest BCUT2D eigenvalue weighted by Gasteiger charge is 2.11. The van der Waals surface area contributed by atoms with Crippen LogP contribution in [0.4, 0.5) is 0 Å². The van der Waals surface area contributed by atoms with Gasteiger partial charge in [0.2, 0.25) is 5.76 Å². The molecule has 0 radical (unpaired) electrons. The fourth-order valence-electron chi connectivity index (χ4n) is 1.89. The Hall–Kier alpha value is -1.29. The van der Waals surface area contributed by atoms with Crippen molar-refractivity contribution in [3.63, 3.8) is 0 Å². The van der Waals surface area contributed by atoms with Crippen molar-refractivity contribution in [3.8, 4) is 0 Å². The predicted octanol–water partition coefficient (Wildman–Crippen LogP) is 3.37. The SMILES string of the molecule is COC(=O)c1ccc(CNC(C)CCCC(C)C)o1. The van der Waals surface area contributed by atoms with Crippen molar-refractivity contribution in [2.24, 2.45) is 5.92 Å². The number of esters is 1. The Labute approximate surface area is 115 Å². The lowest BCUT2D eigenvalue weighted by Gasteiger charge is -2.13. The van der Waals surface area contributed by atoms with Crippen molar-refractivity contribution < 1.29 is 13.9 Å². The molecule has 4 heteroatoms. The summed E-state index contributed by atoms with van der Waals surface area (Å²) in [4.78, 5) is 11.2. The lowest BCUT2D eigenvalue weighted by atomic mass is 10.0. The number of hydrogen-bond acceptors (Lipinski definition) is 4. The molecule has 1 rings (SSSR count). The van der Waals surface area contributed by atoms with E-state index in [9.17, 15) is 4.79 Å². The molecule has 0 spiro atoms. The Bertz CT molecular complexity index is 384. The smallest absolute Gasteiger partial charge is 0.373 e. The van der Waals surface area contributed by atoms with Crippen molar-refractivity contribution in [3.05, 3.63) is 23.7 Å². The molecule has 1 heterocycles. The van der Waals surface area contributed by atoms with Crippen molar-refractivity contribution >= 4 is 5.97 Å². The summed E-state index contributed by atoms with van der Waals surface area (Å²) < 4.78 is 9.99. The van der Waals surface area contributed by atoms with Gasteiger partial charge in [0.1, 0.15) is 5.76 Å². The molecule has 0 saturated carbocycles. The average Bonchev–Trinajstić information content (AvgIpc) is 2.83. The second-order valence-electron chi connectivity index (χ2n) is 5.36. The van der Waals surface area contributed by atoms with Crippen LogP contribution in [-0.4, -0.2) is 19.1 Å². The van der Waals surface area contributed by atoms with E-state index in [2.05, 4.69) is 30.8 Å². The molecule has 108 valence electrons. The van der Waals surface area contributed by atoms with Gasteiger partial charge in [0.15, 0.2) is 0 Å². The third-order valence-electron chi connectivity index (χ3n) is 3.09. The van der Waals surface area contributed by atoms with E-state index in [0.717, 1.165) is 18.1 Å². The van der Waals surface area contributed by atoms with Crippen LogP contribution in [0.25, 0.3) is 0 Å². The topological polar surface area (TPSA) is 51.5 Å². The maximum Gasteiger partial charge on any atom is 0.373 e. The summed E-state index contributed by atoms with van der Waals surface area (Å²) in [6, 6.07) is 3.90. The lowest BCUT2D eigenvalue weighted by Crippen LogP contribution is -2.25. The van der Waals surface area contributed by atoms with E-state index in [4.69, 9.17) is 4.42 Å². The van der Waals surface area contributed by atoms with Crippen LogP contribution in [0.15, 0.2) is 16.5 Å². The normalized spacial score (nSPS) is 12.7. The van der Waals surface area contributed by atoms with Crippen LogP contribution in [0, 0.1) is 5.92 Å². The zero-order valence-corrected chi connectivity index (χ0v) is 12.4. The second-order valence-corrected chi connectivity index (χ2v) is 5.36. The summed E-state index contributed by atoms with van der Waals surface area (Å²) in [5.74, 6) is 1.35. The Morgan fingerprint density at radius 1 is 1.32 bits per heavy atom. The van der Waals surface area contributed by atoms with Gasteiger partial charge < -0.3 is 14.5 Å². The number of methoxy groups -OCH3 is 1. The average molecular weight is 267 g/mol. The highest BCUT2D eigenvalue weighted by molar-refractivity contribution is 5.86. The number of furan rings is 1. The van der Waals surface area contributed by atoms with Gasteiger partial charge in [0, 0.05) is 6.04 Å². The number of carbonyl (C=O) groups is 1. The summed E-state index contributed by atoms with van der Waals surface area (Å²) in [6.07, 6.45) is 3.65. The van der Waals surface area contributed by atoms with Crippen LogP contribution in [0.3, 0.4) is 0 Å². The Balaban J connectivity index is 2.28. The van der Waals surface area contributed by atoms with E-state index in [0.29, 0.717) is 12.6 Å². The first-order valence-corrected chi connectivity index (χ1v) is 6.93. The summed E-state index contributed by atoms with van der Waals surface area (Å²) in [6.45, 7) is 7.30. The van der Waals surface area contributed by atoms with Gasteiger partial charge in [0.05, 0.1) is 13.7 Å². The minimum atomic E-state index is -0.434. The molecular formula is C15H25NO3. The number of ether oxygens (including phenoxy) is 1. The molecule has 1 N–H and O–H groups in total. The van der Waals surface area contributed by atoms with Crippen molar-refractivity contribution in [1.29, 1.82) is 0 Å². The van der Waals surface area contributed by atoms with Gasteiger partial charge in [-0.3, -0.25) is 0 Å². The molecule has 1 unspecified atom stereocenters. The second kappa shape index (κ2) is 8.00. The molecule has 1 aromatic heterocycles. The van der Waals surface area contributed by atoms with Crippen molar-refractivity contribution in [1.82, 2.24) is 5.32 Å². The van der Waals surface area contributed by atoms with Crippen LogP contribution in [0.2, 0.25) is 0 Å². The third kappa shape index (κ3) is 5.92. The van der Waals surface area contributed by atoms with E-state index in [-0.39, 0.29) is 5.76 Å². The van der Waals surface area contributed by atoms with Gasteiger partial charge in [0.25, 0.3) is 0 Å². The van der Waals surface area contributed by atoms with Gasteiger partial charge in [-0.2, -0.15) is 0 Å². The van der Waals surface area contributed by atoms with Crippen LogP contribution < -0.4 is 5.32 Å². The van der Waals surface area contributed by atoms with Crippen LogP contribution in [0.1, 0.15) is 56.3 Å². The Morgan fingerprint density at radius 2 is 2.05 bits per heavy atom. The van der Waals surface area contributed by atoms with Gasteiger partial charge in [-0.15, -0.1) is 0 Å². The minimum Gasteiger partial charge on any atom is -0.463 e. The predicted molar refractivity (Wildman–Crippen MR) is 75.0 cm³/mol. The molecule has 0 bridgehead atoms. The standard InChI is InChI=1S/C15H25NO3/c1-11(2)6-5-7-12(3)16-10-13-8-9-14(19-13)15(17)18-4/h8-9,11-12,16H,5-7,10H2,1-4H3. The largest absolute Gasteiger partial charge is 0.463 e. The van der Waals surface area contributed by atoms with Crippen LogP contribution in [-0.2, 0) is 11.3 Å². The van der Waals surface area contributed by atoms with E-state index in [1.165, 1.54) is 20.0 Å². The van der Waals surface area contributed by atoms with E-state index in [1.54, 1.807) is 12.1 Å². The van der Waals surface area contributed by atoms with Crippen LogP contribution in [0.5, 0.6) is 0 Å². The first kappa shape index (κ1) is 15.8. The molecule has 4 nitrogen and oxygen atoms in total. The summed E-state index contributed by atoms with van der Waals surface area (Å²) >= 11 is 0. The molecule has 0 amide bonds. The van der Waals surface area contributed by atoms with Gasteiger partial charge in [-0.1, -0.05) is 26.7 Å². The molecule has 0 aromatic carbocycles. The zero-order valence-electron chi connectivity index (χ0n) is 12.4. The van der Waals surface area contributed by atoms with E-state index >= 15 is 0 Å². The highest BCUT2D eigenvalue weighted by atomic mass is 16.5. The maximum atomic E-state index is 11.2. The van der Waals surface area contributed by atoms with Gasteiger partial charge in [-0.25, -0.2) is 4.79 Å². The molecule has 1 atom stereocenters. The number of rotatable bonds is 8. The molecule has 0 aliphatic heterocycles. The molecule has 0 aliphatic rings. The third-order valence-corrected chi connectivity index (χ3v) is 3.09. The number of hydrogen-bond donors (Lipinski definition) is 1. The monoisotopic (exact) mass is 267 g/mol. The zero-order chi connectivity index (χ0) is 14.3. The molecule has 0 aliphatic carbocycles. The molecule has 19 heavy (non-hydrogen) atoms.